The third-order valence-electron chi connectivity index (χ3n) is 4.52. The third-order valence-corrected chi connectivity index (χ3v) is 5.70. The van der Waals surface area contributed by atoms with E-state index in [2.05, 4.69) is 46.7 Å². The van der Waals surface area contributed by atoms with Crippen molar-refractivity contribution in [2.24, 2.45) is 5.10 Å². The van der Waals surface area contributed by atoms with Crippen LogP contribution in [0.5, 0.6) is 11.5 Å². The summed E-state index contributed by atoms with van der Waals surface area (Å²) >= 11 is 6.87. The smallest absolute Gasteiger partial charge is 0.343 e. The highest BCUT2D eigenvalue weighted by Crippen LogP contribution is 2.33. The Morgan fingerprint density at radius 2 is 1.94 bits per heavy atom. The number of aromatic nitrogens is 2. The van der Waals surface area contributed by atoms with Gasteiger partial charge in [-0.2, -0.15) is 9.78 Å². The molecule has 0 aliphatic heterocycles. The summed E-state index contributed by atoms with van der Waals surface area (Å²) < 4.78 is 18.1. The molecule has 1 heterocycles. The van der Waals surface area contributed by atoms with Crippen LogP contribution in [0.1, 0.15) is 31.2 Å². The number of halogens is 2. The van der Waals surface area contributed by atoms with Crippen LogP contribution in [-0.2, 0) is 9.53 Å². The Labute approximate surface area is 201 Å². The van der Waals surface area contributed by atoms with Crippen molar-refractivity contribution in [3.05, 3.63) is 61.0 Å². The summed E-state index contributed by atoms with van der Waals surface area (Å²) in [6, 6.07) is 8.72. The van der Waals surface area contributed by atoms with Gasteiger partial charge in [-0.25, -0.2) is 9.78 Å². The minimum Gasteiger partial charge on any atom is -0.493 e. The normalized spacial score (nSPS) is 11.3. The molecule has 10 heteroatoms. The Kier molecular flexibility index (Phi) is 7.68. The van der Waals surface area contributed by atoms with Crippen molar-refractivity contribution in [3.8, 4) is 11.5 Å². The number of methoxy groups -OCH3 is 2. The number of benzene rings is 2. The van der Waals surface area contributed by atoms with Crippen LogP contribution in [0.15, 0.2) is 49.2 Å². The van der Waals surface area contributed by atoms with E-state index >= 15 is 0 Å². The van der Waals surface area contributed by atoms with Crippen molar-refractivity contribution in [1.29, 1.82) is 0 Å². The van der Waals surface area contributed by atoms with E-state index in [-0.39, 0.29) is 18.1 Å². The van der Waals surface area contributed by atoms with E-state index in [1.807, 2.05) is 19.9 Å². The summed E-state index contributed by atoms with van der Waals surface area (Å²) in [5.41, 5.74) is 0.990. The lowest BCUT2D eigenvalue weighted by Crippen LogP contribution is -2.23. The predicted octanol–water partition coefficient (Wildman–Crippen LogP) is 4.49. The first kappa shape index (κ1) is 23.9. The van der Waals surface area contributed by atoms with Gasteiger partial charge in [-0.3, -0.25) is 4.79 Å². The molecule has 0 spiro atoms. The number of fused-ring (bicyclic) bond motifs is 1. The number of hydrogen-bond acceptors (Lipinski definition) is 7. The lowest BCUT2D eigenvalue weighted by molar-refractivity contribution is -0.142. The van der Waals surface area contributed by atoms with Crippen molar-refractivity contribution in [2.45, 2.75) is 19.8 Å². The number of esters is 1. The molecule has 0 radical (unpaired) electrons. The summed E-state index contributed by atoms with van der Waals surface area (Å²) in [7, 11) is 2.77. The fourth-order valence-corrected chi connectivity index (χ4v) is 3.67. The summed E-state index contributed by atoms with van der Waals surface area (Å²) in [5.74, 6) is 0.766. The second kappa shape index (κ2) is 10.3. The molecule has 0 unspecified atom stereocenters. The zero-order valence-corrected chi connectivity index (χ0v) is 21.1. The van der Waals surface area contributed by atoms with Gasteiger partial charge in [0.15, 0.2) is 18.1 Å². The molecule has 3 rings (SSSR count). The highest BCUT2D eigenvalue weighted by Gasteiger charge is 2.15. The molecular weight excluding hydrogens is 546 g/mol. The number of rotatable bonds is 7. The topological polar surface area (TPSA) is 92.0 Å². The van der Waals surface area contributed by atoms with E-state index in [0.717, 1.165) is 4.47 Å². The highest BCUT2D eigenvalue weighted by atomic mass is 79.9. The molecule has 8 nitrogen and oxygen atoms in total. The summed E-state index contributed by atoms with van der Waals surface area (Å²) in [4.78, 5) is 29.2. The zero-order chi connectivity index (χ0) is 23.4. The zero-order valence-electron chi connectivity index (χ0n) is 17.9. The molecule has 0 saturated carbocycles. The molecule has 0 fully saturated rings. The van der Waals surface area contributed by atoms with Gasteiger partial charge in [0.25, 0.3) is 5.56 Å². The maximum atomic E-state index is 13.2. The minimum absolute atomic E-state index is 0.0278. The number of carbonyl (C=O) groups is 1. The largest absolute Gasteiger partial charge is 0.493 e. The van der Waals surface area contributed by atoms with E-state index in [9.17, 15) is 9.59 Å². The van der Waals surface area contributed by atoms with Crippen LogP contribution in [0.4, 0.5) is 0 Å². The van der Waals surface area contributed by atoms with Gasteiger partial charge in [0.2, 0.25) is 0 Å². The second-order valence-corrected chi connectivity index (χ2v) is 8.81. The van der Waals surface area contributed by atoms with Crippen LogP contribution in [0.2, 0.25) is 0 Å². The average Bonchev–Trinajstić information content (AvgIpc) is 2.77. The van der Waals surface area contributed by atoms with Gasteiger partial charge >= 0.3 is 5.97 Å². The summed E-state index contributed by atoms with van der Waals surface area (Å²) in [6.07, 6.45) is 1.54. The summed E-state index contributed by atoms with van der Waals surface area (Å²) in [6.45, 7) is 3.65. The molecule has 0 bridgehead atoms. The Bertz CT molecular complexity index is 1250. The molecule has 0 N–H and O–H groups in total. The van der Waals surface area contributed by atoms with Gasteiger partial charge in [-0.1, -0.05) is 29.8 Å². The molecule has 1 aromatic heterocycles. The van der Waals surface area contributed by atoms with Gasteiger partial charge in [0.05, 0.1) is 31.3 Å². The van der Waals surface area contributed by atoms with Gasteiger partial charge in [-0.15, -0.1) is 0 Å². The molecule has 0 aliphatic rings. The monoisotopic (exact) mass is 565 g/mol. The standard InChI is InChI=1S/C22H21Br2N3O5/c1-12(2)21-26-17-6-5-14(23)8-15(17)22(29)27(21)25-10-13-7-18(30-3)19(9-16(13)24)32-11-20(28)31-4/h5-10,12H,11H2,1-4H3. The number of nitrogens with zero attached hydrogens (tertiary/aromatic N) is 3. The van der Waals surface area contributed by atoms with Crippen LogP contribution in [0.25, 0.3) is 10.9 Å². The van der Waals surface area contributed by atoms with E-state index in [0.29, 0.717) is 38.3 Å². The first-order valence-corrected chi connectivity index (χ1v) is 11.2. The van der Waals surface area contributed by atoms with Crippen molar-refractivity contribution in [3.63, 3.8) is 0 Å². The maximum absolute atomic E-state index is 13.2. The number of hydrogen-bond donors (Lipinski definition) is 0. The number of carbonyl (C=O) groups excluding carboxylic acids is 1. The van der Waals surface area contributed by atoms with Gasteiger partial charge in [0, 0.05) is 20.4 Å². The van der Waals surface area contributed by atoms with E-state index in [4.69, 9.17) is 9.47 Å². The molecule has 0 aliphatic carbocycles. The van der Waals surface area contributed by atoms with Crippen molar-refractivity contribution < 1.29 is 19.0 Å². The molecule has 0 atom stereocenters. The number of ether oxygens (including phenoxy) is 3. The maximum Gasteiger partial charge on any atom is 0.343 e. The van der Waals surface area contributed by atoms with Crippen LogP contribution in [-0.4, -0.2) is 42.7 Å². The first-order chi connectivity index (χ1) is 15.2. The fraction of sp³-hybridized carbons (Fsp3) is 0.273. The van der Waals surface area contributed by atoms with E-state index in [1.165, 1.54) is 25.1 Å². The van der Waals surface area contributed by atoms with Crippen molar-refractivity contribution in [2.75, 3.05) is 20.8 Å². The van der Waals surface area contributed by atoms with Crippen LogP contribution in [0.3, 0.4) is 0 Å². The van der Waals surface area contributed by atoms with Gasteiger partial charge in [-0.05, 0) is 46.3 Å². The Hall–Kier alpha value is -2.72. The minimum atomic E-state index is -0.509. The van der Waals surface area contributed by atoms with E-state index in [1.54, 1.807) is 24.3 Å². The Morgan fingerprint density at radius 1 is 1.19 bits per heavy atom. The first-order valence-electron chi connectivity index (χ1n) is 9.58. The molecule has 168 valence electrons. The van der Waals surface area contributed by atoms with Gasteiger partial charge in [0.1, 0.15) is 5.82 Å². The average molecular weight is 567 g/mol. The SMILES string of the molecule is COC(=O)COc1cc(Br)c(C=Nn2c(C(C)C)nc3ccc(Br)cc3c2=O)cc1OC. The summed E-state index contributed by atoms with van der Waals surface area (Å²) in [5, 5.41) is 4.89. The molecule has 0 saturated heterocycles. The highest BCUT2D eigenvalue weighted by molar-refractivity contribution is 9.10. The predicted molar refractivity (Wildman–Crippen MR) is 129 cm³/mol. The molecule has 2 aromatic carbocycles. The molecular formula is C22H21Br2N3O5. The van der Waals surface area contributed by atoms with Crippen LogP contribution < -0.4 is 15.0 Å². The lowest BCUT2D eigenvalue weighted by Gasteiger charge is -2.13. The molecule has 0 amide bonds. The van der Waals surface area contributed by atoms with E-state index < -0.39 is 5.97 Å². The quantitative estimate of drug-likeness (QED) is 0.309. The second-order valence-electron chi connectivity index (χ2n) is 7.04. The molecule has 3 aromatic rings. The molecule has 32 heavy (non-hydrogen) atoms. The lowest BCUT2D eigenvalue weighted by atomic mass is 10.2. The fourth-order valence-electron chi connectivity index (χ4n) is 2.89. The Morgan fingerprint density at radius 3 is 2.59 bits per heavy atom. The third kappa shape index (κ3) is 5.18. The van der Waals surface area contributed by atoms with Crippen molar-refractivity contribution >= 4 is 54.9 Å². The van der Waals surface area contributed by atoms with Crippen molar-refractivity contribution in [1.82, 2.24) is 9.66 Å². The van der Waals surface area contributed by atoms with Gasteiger partial charge < -0.3 is 14.2 Å². The Balaban J connectivity index is 2.05. The van der Waals surface area contributed by atoms with Crippen LogP contribution >= 0.6 is 31.9 Å². The van der Waals surface area contributed by atoms with Crippen LogP contribution in [0, 0.1) is 0 Å².